The van der Waals surface area contributed by atoms with E-state index < -0.39 is 6.10 Å². The van der Waals surface area contributed by atoms with Crippen molar-refractivity contribution < 1.29 is 19.4 Å². The van der Waals surface area contributed by atoms with Crippen LogP contribution in [0.5, 0.6) is 0 Å². The van der Waals surface area contributed by atoms with Crippen LogP contribution in [-0.2, 0) is 11.3 Å². The second-order valence-electron chi connectivity index (χ2n) is 3.68. The van der Waals surface area contributed by atoms with Gasteiger partial charge in [0.05, 0.1) is 31.3 Å². The molecule has 0 aliphatic carbocycles. The normalized spacial score (nSPS) is 12.4. The molecule has 1 heterocycles. The lowest BCUT2D eigenvalue weighted by atomic mass is 10.4. The molecule has 0 aromatic carbocycles. The van der Waals surface area contributed by atoms with Gasteiger partial charge in [-0.1, -0.05) is 0 Å². The summed E-state index contributed by atoms with van der Waals surface area (Å²) in [6.45, 7) is 0.165. The van der Waals surface area contributed by atoms with E-state index in [0.717, 1.165) is 5.76 Å². The third-order valence-electron chi connectivity index (χ3n) is 2.15. The number of aliphatic hydroxyl groups is 2. The molecule has 1 atom stereocenters. The fourth-order valence-electron chi connectivity index (χ4n) is 1.17. The van der Waals surface area contributed by atoms with Crippen LogP contribution in [-0.4, -0.2) is 52.3 Å². The Morgan fingerprint density at radius 1 is 1.65 bits per heavy atom. The molecule has 0 aliphatic rings. The van der Waals surface area contributed by atoms with Gasteiger partial charge >= 0.3 is 0 Å². The molecule has 17 heavy (non-hydrogen) atoms. The molecule has 2 N–H and O–H groups in total. The zero-order valence-electron chi connectivity index (χ0n) is 9.70. The van der Waals surface area contributed by atoms with Crippen molar-refractivity contribution in [1.29, 1.82) is 0 Å². The van der Waals surface area contributed by atoms with Crippen molar-refractivity contribution in [3.05, 3.63) is 24.2 Å². The van der Waals surface area contributed by atoms with E-state index in [-0.39, 0.29) is 18.3 Å². The van der Waals surface area contributed by atoms with Gasteiger partial charge in [0.2, 0.25) is 5.91 Å². The minimum Gasteiger partial charge on any atom is -0.467 e. The smallest absolute Gasteiger partial charge is 0.232 e. The van der Waals surface area contributed by atoms with Crippen LogP contribution < -0.4 is 0 Å². The van der Waals surface area contributed by atoms with Gasteiger partial charge < -0.3 is 19.5 Å². The van der Waals surface area contributed by atoms with Crippen LogP contribution in [0.1, 0.15) is 5.76 Å². The van der Waals surface area contributed by atoms with Crippen molar-refractivity contribution >= 4 is 17.7 Å². The van der Waals surface area contributed by atoms with E-state index in [4.69, 9.17) is 14.6 Å². The minimum atomic E-state index is -0.761. The van der Waals surface area contributed by atoms with Crippen molar-refractivity contribution in [2.75, 3.05) is 25.2 Å². The van der Waals surface area contributed by atoms with Gasteiger partial charge in [0.1, 0.15) is 5.76 Å². The van der Waals surface area contributed by atoms with Crippen molar-refractivity contribution in [1.82, 2.24) is 4.90 Å². The summed E-state index contributed by atoms with van der Waals surface area (Å²) in [6, 6.07) is 3.59. The highest BCUT2D eigenvalue weighted by Gasteiger charge is 2.11. The second kappa shape index (κ2) is 7.37. The molecule has 0 fully saturated rings. The Balaban J connectivity index is 2.23. The number of nitrogens with zero attached hydrogens (tertiary/aromatic N) is 1. The lowest BCUT2D eigenvalue weighted by Gasteiger charge is -2.15. The van der Waals surface area contributed by atoms with Gasteiger partial charge in [-0.25, -0.2) is 0 Å². The van der Waals surface area contributed by atoms with Crippen LogP contribution in [0.15, 0.2) is 22.8 Å². The second-order valence-corrected chi connectivity index (χ2v) is 4.71. The highest BCUT2D eigenvalue weighted by molar-refractivity contribution is 7.99. The fraction of sp³-hybridized carbons (Fsp3) is 0.545. The number of hydrogen-bond donors (Lipinski definition) is 2. The molecule has 1 aromatic heterocycles. The van der Waals surface area contributed by atoms with Gasteiger partial charge in [0.15, 0.2) is 0 Å². The Morgan fingerprint density at radius 3 is 3.00 bits per heavy atom. The summed E-state index contributed by atoms with van der Waals surface area (Å²) in [5, 5.41) is 17.7. The summed E-state index contributed by atoms with van der Waals surface area (Å²) in [7, 11) is 1.70. The largest absolute Gasteiger partial charge is 0.467 e. The summed E-state index contributed by atoms with van der Waals surface area (Å²) >= 11 is 1.30. The van der Waals surface area contributed by atoms with Crippen molar-refractivity contribution in [2.45, 2.75) is 12.6 Å². The molecule has 1 unspecified atom stereocenters. The molecule has 6 heteroatoms. The van der Waals surface area contributed by atoms with Crippen molar-refractivity contribution in [3.8, 4) is 0 Å². The molecular formula is C11H17NO4S. The highest BCUT2D eigenvalue weighted by Crippen LogP contribution is 2.08. The standard InChI is InChI=1S/C11H17NO4S/c1-12(5-10-3-2-4-16-10)11(15)8-17-7-9(14)6-13/h2-4,9,13-14H,5-8H2,1H3. The Morgan fingerprint density at radius 2 is 2.41 bits per heavy atom. The van der Waals surface area contributed by atoms with Gasteiger partial charge in [-0.05, 0) is 12.1 Å². The van der Waals surface area contributed by atoms with E-state index in [1.165, 1.54) is 11.8 Å². The number of thioether (sulfide) groups is 1. The third kappa shape index (κ3) is 5.25. The van der Waals surface area contributed by atoms with E-state index in [9.17, 15) is 4.79 Å². The summed E-state index contributed by atoms with van der Waals surface area (Å²) in [5.41, 5.74) is 0. The molecule has 0 bridgehead atoms. The number of furan rings is 1. The first-order valence-electron chi connectivity index (χ1n) is 5.26. The average Bonchev–Trinajstić information content (AvgIpc) is 2.81. The maximum atomic E-state index is 11.7. The number of hydrogen-bond acceptors (Lipinski definition) is 5. The monoisotopic (exact) mass is 259 g/mol. The quantitative estimate of drug-likeness (QED) is 0.738. The maximum Gasteiger partial charge on any atom is 0.232 e. The highest BCUT2D eigenvalue weighted by atomic mass is 32.2. The molecule has 1 amide bonds. The summed E-state index contributed by atoms with van der Waals surface area (Å²) in [4.78, 5) is 13.2. The minimum absolute atomic E-state index is 0.0310. The van der Waals surface area contributed by atoms with E-state index in [2.05, 4.69) is 0 Å². The predicted octanol–water partition coefficient (Wildman–Crippen LogP) is 0.324. The van der Waals surface area contributed by atoms with E-state index in [1.807, 2.05) is 6.07 Å². The summed E-state index contributed by atoms with van der Waals surface area (Å²) in [6.07, 6.45) is 0.809. The molecule has 1 rings (SSSR count). The fourth-order valence-corrected chi connectivity index (χ4v) is 2.06. The number of carbonyl (C=O) groups excluding carboxylic acids is 1. The number of amides is 1. The molecule has 96 valence electrons. The first-order valence-corrected chi connectivity index (χ1v) is 6.42. The Kier molecular flexibility index (Phi) is 6.10. The van der Waals surface area contributed by atoms with Crippen molar-refractivity contribution in [2.24, 2.45) is 0 Å². The maximum absolute atomic E-state index is 11.7. The Labute approximate surface area is 104 Å². The van der Waals surface area contributed by atoms with E-state index in [1.54, 1.807) is 24.3 Å². The first-order chi connectivity index (χ1) is 8.13. The van der Waals surface area contributed by atoms with Gasteiger partial charge in [0.25, 0.3) is 0 Å². The van der Waals surface area contributed by atoms with Gasteiger partial charge in [-0.15, -0.1) is 11.8 Å². The van der Waals surface area contributed by atoms with Crippen LogP contribution in [0.25, 0.3) is 0 Å². The van der Waals surface area contributed by atoms with Crippen LogP contribution in [0.2, 0.25) is 0 Å². The lowest BCUT2D eigenvalue weighted by molar-refractivity contribution is -0.127. The summed E-state index contributed by atoms with van der Waals surface area (Å²) in [5.74, 6) is 1.35. The first kappa shape index (κ1) is 14.1. The zero-order valence-corrected chi connectivity index (χ0v) is 10.5. The van der Waals surface area contributed by atoms with Crippen molar-refractivity contribution in [3.63, 3.8) is 0 Å². The van der Waals surface area contributed by atoms with E-state index in [0.29, 0.717) is 12.3 Å². The molecule has 0 saturated heterocycles. The summed E-state index contributed by atoms with van der Waals surface area (Å²) < 4.78 is 5.14. The van der Waals surface area contributed by atoms with E-state index >= 15 is 0 Å². The predicted molar refractivity (Wildman–Crippen MR) is 65.6 cm³/mol. The molecular weight excluding hydrogens is 242 g/mol. The third-order valence-corrected chi connectivity index (χ3v) is 3.22. The Bertz CT molecular complexity index is 328. The molecule has 0 radical (unpaired) electrons. The van der Waals surface area contributed by atoms with Crippen LogP contribution >= 0.6 is 11.8 Å². The molecule has 0 saturated carbocycles. The Hall–Kier alpha value is -0.980. The van der Waals surface area contributed by atoms with Gasteiger partial charge in [-0.2, -0.15) is 0 Å². The topological polar surface area (TPSA) is 73.9 Å². The number of aliphatic hydroxyl groups excluding tert-OH is 2. The molecule has 0 spiro atoms. The molecule has 1 aromatic rings. The molecule has 0 aliphatic heterocycles. The molecule has 5 nitrogen and oxygen atoms in total. The zero-order chi connectivity index (χ0) is 12.7. The average molecular weight is 259 g/mol. The van der Waals surface area contributed by atoms with Gasteiger partial charge in [-0.3, -0.25) is 4.79 Å². The van der Waals surface area contributed by atoms with Gasteiger partial charge in [0, 0.05) is 12.8 Å². The SMILES string of the molecule is CN(Cc1ccco1)C(=O)CSCC(O)CO. The number of carbonyl (C=O) groups is 1. The van der Waals surface area contributed by atoms with Crippen LogP contribution in [0.3, 0.4) is 0 Å². The number of rotatable bonds is 7. The van der Waals surface area contributed by atoms with Crippen LogP contribution in [0.4, 0.5) is 0 Å². The lowest BCUT2D eigenvalue weighted by Crippen LogP contribution is -2.28. The van der Waals surface area contributed by atoms with Crippen LogP contribution in [0, 0.1) is 0 Å².